The van der Waals surface area contributed by atoms with Crippen molar-refractivity contribution in [3.05, 3.63) is 66.2 Å². The average Bonchev–Trinajstić information content (AvgIpc) is 3.51. The molecule has 0 aliphatic heterocycles. The molecule has 5 N–H and O–H groups in total. The number of hydrogen-bond acceptors (Lipinski definition) is 7. The highest BCUT2D eigenvalue weighted by atomic mass is 16.5. The van der Waals surface area contributed by atoms with E-state index in [4.69, 9.17) is 14.9 Å². The Hall–Kier alpha value is -2.71. The minimum absolute atomic E-state index is 0.0478. The highest BCUT2D eigenvalue weighted by Crippen LogP contribution is 2.40. The van der Waals surface area contributed by atoms with Crippen LogP contribution in [0.1, 0.15) is 42.7 Å². The summed E-state index contributed by atoms with van der Waals surface area (Å²) in [5, 5.41) is 28.9. The Bertz CT molecular complexity index is 960. The van der Waals surface area contributed by atoms with Crippen LogP contribution in [0.15, 0.2) is 59.2 Å². The van der Waals surface area contributed by atoms with Crippen molar-refractivity contribution in [2.24, 2.45) is 5.73 Å². The lowest BCUT2D eigenvalue weighted by Crippen LogP contribution is -2.48. The smallest absolute Gasteiger partial charge is 0.197 e. The van der Waals surface area contributed by atoms with Gasteiger partial charge in [-0.05, 0) is 61.2 Å². The largest absolute Gasteiger partial charge is 0.457 e. The Morgan fingerprint density at radius 1 is 1.03 bits per heavy atom. The van der Waals surface area contributed by atoms with Crippen LogP contribution in [-0.4, -0.2) is 39.1 Å². The molecule has 158 valence electrons. The SMILES string of the molecule is NC(CO)(CO)CC(O)c1ccc(Oc2ccc(-c3coc(C4CC4)n3)cc2)cc1. The minimum Gasteiger partial charge on any atom is -0.457 e. The number of ether oxygens (including phenoxy) is 1. The fraction of sp³-hybridized carbons (Fsp3) is 0.348. The normalized spacial score (nSPS) is 15.2. The Morgan fingerprint density at radius 2 is 1.63 bits per heavy atom. The van der Waals surface area contributed by atoms with Crippen LogP contribution < -0.4 is 10.5 Å². The first kappa shape index (κ1) is 20.6. The van der Waals surface area contributed by atoms with E-state index in [-0.39, 0.29) is 6.42 Å². The van der Waals surface area contributed by atoms with Crippen LogP contribution in [0.4, 0.5) is 0 Å². The summed E-state index contributed by atoms with van der Waals surface area (Å²) < 4.78 is 11.4. The third-order valence-corrected chi connectivity index (χ3v) is 5.33. The molecule has 0 radical (unpaired) electrons. The number of hydrogen-bond donors (Lipinski definition) is 4. The number of rotatable bonds is 9. The number of aliphatic hydroxyl groups excluding tert-OH is 3. The van der Waals surface area contributed by atoms with Crippen molar-refractivity contribution in [2.45, 2.75) is 36.8 Å². The number of nitrogens with zero attached hydrogens (tertiary/aromatic N) is 1. The number of benzene rings is 2. The number of aromatic nitrogens is 1. The number of nitrogens with two attached hydrogens (primary N) is 1. The van der Waals surface area contributed by atoms with Crippen LogP contribution in [0.25, 0.3) is 11.3 Å². The van der Waals surface area contributed by atoms with E-state index >= 15 is 0 Å². The lowest BCUT2D eigenvalue weighted by Gasteiger charge is -2.27. The fourth-order valence-electron chi connectivity index (χ4n) is 3.21. The Kier molecular flexibility index (Phi) is 5.87. The zero-order valence-electron chi connectivity index (χ0n) is 16.6. The van der Waals surface area contributed by atoms with Gasteiger partial charge in [0.15, 0.2) is 5.89 Å². The maximum Gasteiger partial charge on any atom is 0.197 e. The van der Waals surface area contributed by atoms with Crippen molar-refractivity contribution >= 4 is 0 Å². The first-order valence-electron chi connectivity index (χ1n) is 10.0. The van der Waals surface area contributed by atoms with E-state index in [0.717, 1.165) is 30.0 Å². The molecule has 1 aliphatic carbocycles. The average molecular weight is 410 g/mol. The van der Waals surface area contributed by atoms with E-state index < -0.39 is 24.9 Å². The highest BCUT2D eigenvalue weighted by Gasteiger charge is 2.29. The molecule has 1 aromatic heterocycles. The predicted octanol–water partition coefficient (Wildman–Crippen LogP) is 3.12. The van der Waals surface area contributed by atoms with E-state index in [9.17, 15) is 15.3 Å². The van der Waals surface area contributed by atoms with Gasteiger partial charge in [0.2, 0.25) is 0 Å². The molecular formula is C23H26N2O5. The Labute approximate surface area is 174 Å². The maximum atomic E-state index is 10.3. The van der Waals surface area contributed by atoms with Gasteiger partial charge in [-0.25, -0.2) is 4.98 Å². The first-order chi connectivity index (χ1) is 14.5. The van der Waals surface area contributed by atoms with Crippen molar-refractivity contribution in [3.63, 3.8) is 0 Å². The molecule has 0 bridgehead atoms. The molecular weight excluding hydrogens is 384 g/mol. The van der Waals surface area contributed by atoms with Crippen molar-refractivity contribution in [1.82, 2.24) is 4.98 Å². The van der Waals surface area contributed by atoms with E-state index in [0.29, 0.717) is 23.0 Å². The molecule has 1 unspecified atom stereocenters. The van der Waals surface area contributed by atoms with Gasteiger partial charge >= 0.3 is 0 Å². The van der Waals surface area contributed by atoms with Crippen molar-refractivity contribution in [1.29, 1.82) is 0 Å². The van der Waals surface area contributed by atoms with E-state index in [1.165, 1.54) is 0 Å². The molecule has 1 saturated carbocycles. The monoisotopic (exact) mass is 410 g/mol. The summed E-state index contributed by atoms with van der Waals surface area (Å²) in [5.74, 6) is 2.60. The summed E-state index contributed by atoms with van der Waals surface area (Å²) >= 11 is 0. The standard InChI is InChI=1S/C23H26N2O5/c24-23(13-26,14-27)11-21(28)16-5-9-19(10-6-16)30-18-7-3-15(4-8-18)20-12-29-22(25-20)17-1-2-17/h3-10,12,17,21,26-28H,1-2,11,13-14,24H2. The minimum atomic E-state index is -1.22. The van der Waals surface area contributed by atoms with Crippen LogP contribution in [0.2, 0.25) is 0 Å². The quantitative estimate of drug-likeness (QED) is 0.427. The molecule has 1 aliphatic rings. The highest BCUT2D eigenvalue weighted by molar-refractivity contribution is 5.59. The third kappa shape index (κ3) is 4.71. The molecule has 7 heteroatoms. The topological polar surface area (TPSA) is 122 Å². The summed E-state index contributed by atoms with van der Waals surface area (Å²) in [6.07, 6.45) is 3.14. The van der Waals surface area contributed by atoms with Crippen LogP contribution in [-0.2, 0) is 0 Å². The van der Waals surface area contributed by atoms with Crippen LogP contribution >= 0.6 is 0 Å². The molecule has 30 heavy (non-hydrogen) atoms. The molecule has 3 aromatic rings. The lowest BCUT2D eigenvalue weighted by atomic mass is 9.92. The molecule has 0 saturated heterocycles. The Balaban J connectivity index is 1.38. The van der Waals surface area contributed by atoms with Gasteiger partial charge in [-0.3, -0.25) is 0 Å². The Morgan fingerprint density at radius 3 is 2.20 bits per heavy atom. The zero-order valence-corrected chi connectivity index (χ0v) is 16.6. The van der Waals surface area contributed by atoms with Crippen molar-refractivity contribution in [2.75, 3.05) is 13.2 Å². The van der Waals surface area contributed by atoms with Gasteiger partial charge in [-0.2, -0.15) is 0 Å². The molecule has 0 amide bonds. The van der Waals surface area contributed by atoms with Gasteiger partial charge in [0.25, 0.3) is 0 Å². The van der Waals surface area contributed by atoms with Gasteiger partial charge in [0.05, 0.1) is 24.9 Å². The van der Waals surface area contributed by atoms with Crippen LogP contribution in [0.3, 0.4) is 0 Å². The van der Waals surface area contributed by atoms with Gasteiger partial charge in [-0.15, -0.1) is 0 Å². The van der Waals surface area contributed by atoms with Crippen molar-refractivity contribution < 1.29 is 24.5 Å². The third-order valence-electron chi connectivity index (χ3n) is 5.33. The second kappa shape index (κ2) is 8.57. The lowest BCUT2D eigenvalue weighted by molar-refractivity contribution is 0.0618. The molecule has 7 nitrogen and oxygen atoms in total. The second-order valence-electron chi connectivity index (χ2n) is 7.94. The number of oxazole rings is 1. The second-order valence-corrected chi connectivity index (χ2v) is 7.94. The summed E-state index contributed by atoms with van der Waals surface area (Å²) in [6, 6.07) is 14.6. The maximum absolute atomic E-state index is 10.3. The first-order valence-corrected chi connectivity index (χ1v) is 10.0. The molecule has 0 spiro atoms. The fourth-order valence-corrected chi connectivity index (χ4v) is 3.21. The molecule has 1 atom stereocenters. The van der Waals surface area contributed by atoms with E-state index in [1.54, 1.807) is 30.5 Å². The zero-order chi connectivity index (χ0) is 21.1. The summed E-state index contributed by atoms with van der Waals surface area (Å²) in [4.78, 5) is 4.55. The van der Waals surface area contributed by atoms with Gasteiger partial charge < -0.3 is 30.2 Å². The van der Waals surface area contributed by atoms with Crippen LogP contribution in [0.5, 0.6) is 11.5 Å². The molecule has 2 aromatic carbocycles. The summed E-state index contributed by atoms with van der Waals surface area (Å²) in [6.45, 7) is -0.817. The van der Waals surface area contributed by atoms with E-state index in [2.05, 4.69) is 4.98 Å². The van der Waals surface area contributed by atoms with E-state index in [1.807, 2.05) is 24.3 Å². The van der Waals surface area contributed by atoms with Crippen molar-refractivity contribution in [3.8, 4) is 22.8 Å². The summed E-state index contributed by atoms with van der Waals surface area (Å²) in [7, 11) is 0. The number of aliphatic hydroxyl groups is 3. The van der Waals surface area contributed by atoms with Gasteiger partial charge in [0, 0.05) is 11.5 Å². The van der Waals surface area contributed by atoms with Crippen LogP contribution in [0, 0.1) is 0 Å². The van der Waals surface area contributed by atoms with Gasteiger partial charge in [-0.1, -0.05) is 12.1 Å². The van der Waals surface area contributed by atoms with Gasteiger partial charge in [0.1, 0.15) is 23.5 Å². The molecule has 1 fully saturated rings. The molecule has 1 heterocycles. The summed E-state index contributed by atoms with van der Waals surface area (Å²) in [5.41, 5.74) is 7.04. The molecule has 4 rings (SSSR count). The predicted molar refractivity (Wildman–Crippen MR) is 111 cm³/mol.